The Morgan fingerprint density at radius 1 is 1.25 bits per heavy atom. The fraction of sp³-hybridized carbons (Fsp3) is 0.435. The van der Waals surface area contributed by atoms with E-state index in [1.165, 1.54) is 6.20 Å². The standard InChI is InChI=1S/C23H24F3N3O3/c1-21(2,20(30)31)13-32-16-6-3-14(4-7-16)17-8-5-15(11-27-17)19-28-12-18(29-19)22(9-10-22)23(24,25)26/h3-4,6-8,11-12,15H,5,9-10,13H2,1-2H3,(H,28,29)(H,30,31)/t15-/m1/s1. The van der Waals surface area contributed by atoms with Crippen molar-refractivity contribution in [2.45, 2.75) is 50.6 Å². The molecule has 2 aliphatic rings. The lowest BCUT2D eigenvalue weighted by atomic mass is 9.95. The Bertz CT molecular complexity index is 1060. The Morgan fingerprint density at radius 2 is 1.94 bits per heavy atom. The summed E-state index contributed by atoms with van der Waals surface area (Å²) in [4.78, 5) is 22.7. The van der Waals surface area contributed by atoms with Crippen molar-refractivity contribution in [2.75, 3.05) is 6.61 Å². The lowest BCUT2D eigenvalue weighted by Gasteiger charge is -2.19. The minimum Gasteiger partial charge on any atom is -0.492 e. The van der Waals surface area contributed by atoms with E-state index < -0.39 is 23.0 Å². The van der Waals surface area contributed by atoms with Crippen LogP contribution in [-0.4, -0.2) is 40.0 Å². The summed E-state index contributed by atoms with van der Waals surface area (Å²) in [6.45, 7) is 3.24. The number of nitrogens with zero attached hydrogens (tertiary/aromatic N) is 2. The third kappa shape index (κ3) is 4.16. The Labute approximate surface area is 183 Å². The number of aromatic nitrogens is 2. The number of rotatable bonds is 7. The van der Waals surface area contributed by atoms with Crippen LogP contribution in [0.3, 0.4) is 0 Å². The molecule has 4 rings (SSSR count). The Balaban J connectivity index is 1.38. The molecule has 1 saturated carbocycles. The average molecular weight is 447 g/mol. The fourth-order valence-electron chi connectivity index (χ4n) is 3.54. The lowest BCUT2D eigenvalue weighted by molar-refractivity contribution is -0.161. The van der Waals surface area contributed by atoms with Gasteiger partial charge in [-0.05, 0) is 57.4 Å². The van der Waals surface area contributed by atoms with Crippen molar-refractivity contribution >= 4 is 17.9 Å². The number of alkyl halides is 3. The first-order chi connectivity index (χ1) is 15.0. The number of allylic oxidation sites excluding steroid dienone is 1. The average Bonchev–Trinajstić information content (AvgIpc) is 3.44. The van der Waals surface area contributed by atoms with Gasteiger partial charge >= 0.3 is 12.1 Å². The number of hydrogen-bond acceptors (Lipinski definition) is 4. The highest BCUT2D eigenvalue weighted by Gasteiger charge is 2.65. The Hall–Kier alpha value is -3.10. The van der Waals surface area contributed by atoms with Crippen LogP contribution >= 0.6 is 0 Å². The molecule has 1 fully saturated rings. The molecule has 1 atom stereocenters. The van der Waals surface area contributed by atoms with Crippen LogP contribution in [0.5, 0.6) is 5.75 Å². The molecule has 2 N–H and O–H groups in total. The van der Waals surface area contributed by atoms with Crippen LogP contribution in [0, 0.1) is 5.41 Å². The number of aliphatic imine (C=N–C) groups is 1. The first-order valence-corrected chi connectivity index (χ1v) is 10.3. The molecule has 1 aromatic heterocycles. The van der Waals surface area contributed by atoms with Crippen LogP contribution in [0.2, 0.25) is 0 Å². The molecule has 2 heterocycles. The normalized spacial score (nSPS) is 20.0. The van der Waals surface area contributed by atoms with E-state index >= 15 is 0 Å². The van der Waals surface area contributed by atoms with E-state index in [2.05, 4.69) is 15.0 Å². The molecule has 1 aromatic carbocycles. The van der Waals surface area contributed by atoms with Crippen LogP contribution < -0.4 is 4.74 Å². The lowest BCUT2D eigenvalue weighted by Crippen LogP contribution is -2.30. The minimum atomic E-state index is -4.27. The molecule has 0 bridgehead atoms. The molecule has 0 spiro atoms. The van der Waals surface area contributed by atoms with Crippen LogP contribution in [0.1, 0.15) is 56.1 Å². The molecular formula is C23H24F3N3O3. The van der Waals surface area contributed by atoms with Gasteiger partial charge in [0.25, 0.3) is 0 Å². The van der Waals surface area contributed by atoms with Gasteiger partial charge in [0.15, 0.2) is 0 Å². The van der Waals surface area contributed by atoms with Gasteiger partial charge in [-0.1, -0.05) is 6.08 Å². The number of nitrogens with one attached hydrogen (secondary N) is 1. The molecule has 0 radical (unpaired) electrons. The molecule has 170 valence electrons. The maximum Gasteiger partial charge on any atom is 0.399 e. The molecule has 0 saturated heterocycles. The number of ether oxygens (including phenoxy) is 1. The van der Waals surface area contributed by atoms with Gasteiger partial charge in [-0.25, -0.2) is 4.98 Å². The largest absolute Gasteiger partial charge is 0.492 e. The summed E-state index contributed by atoms with van der Waals surface area (Å²) < 4.78 is 45.5. The second kappa shape index (κ2) is 7.79. The van der Waals surface area contributed by atoms with Gasteiger partial charge in [-0.3, -0.25) is 9.79 Å². The number of imidazole rings is 1. The molecule has 0 amide bonds. The van der Waals surface area contributed by atoms with E-state index in [1.807, 2.05) is 18.2 Å². The van der Waals surface area contributed by atoms with Crippen molar-refractivity contribution in [3.05, 3.63) is 53.6 Å². The predicted molar refractivity (Wildman–Crippen MR) is 113 cm³/mol. The molecule has 6 nitrogen and oxygen atoms in total. The highest BCUT2D eigenvalue weighted by molar-refractivity contribution is 5.80. The fourth-order valence-corrected chi connectivity index (χ4v) is 3.54. The van der Waals surface area contributed by atoms with Crippen molar-refractivity contribution in [3.63, 3.8) is 0 Å². The topological polar surface area (TPSA) is 87.6 Å². The van der Waals surface area contributed by atoms with Gasteiger partial charge in [-0.15, -0.1) is 0 Å². The van der Waals surface area contributed by atoms with E-state index in [1.54, 1.807) is 32.2 Å². The van der Waals surface area contributed by atoms with E-state index in [0.717, 1.165) is 11.3 Å². The van der Waals surface area contributed by atoms with Gasteiger partial charge in [0.05, 0.1) is 22.7 Å². The maximum atomic E-state index is 13.3. The van der Waals surface area contributed by atoms with Crippen molar-refractivity contribution in [3.8, 4) is 5.75 Å². The van der Waals surface area contributed by atoms with Gasteiger partial charge in [0.1, 0.15) is 23.6 Å². The highest BCUT2D eigenvalue weighted by atomic mass is 19.4. The van der Waals surface area contributed by atoms with E-state index in [-0.39, 0.29) is 31.1 Å². The monoisotopic (exact) mass is 447 g/mol. The summed E-state index contributed by atoms with van der Waals surface area (Å²) in [5.41, 5.74) is -1.02. The van der Waals surface area contributed by atoms with Gasteiger partial charge < -0.3 is 14.8 Å². The summed E-state index contributed by atoms with van der Waals surface area (Å²) in [5, 5.41) is 9.16. The van der Waals surface area contributed by atoms with Crippen molar-refractivity contribution in [1.82, 2.24) is 9.97 Å². The third-order valence-electron chi connectivity index (χ3n) is 6.04. The van der Waals surface area contributed by atoms with Crippen molar-refractivity contribution in [2.24, 2.45) is 10.4 Å². The second-order valence-electron chi connectivity index (χ2n) is 8.97. The number of carboxylic acids is 1. The molecule has 0 unspecified atom stereocenters. The zero-order valence-corrected chi connectivity index (χ0v) is 17.7. The first kappa shape index (κ1) is 22.1. The number of halogens is 3. The molecule has 1 aliphatic carbocycles. The number of hydrogen-bond donors (Lipinski definition) is 2. The van der Waals surface area contributed by atoms with E-state index in [4.69, 9.17) is 9.84 Å². The Morgan fingerprint density at radius 3 is 2.47 bits per heavy atom. The zero-order chi connectivity index (χ0) is 23.1. The summed E-state index contributed by atoms with van der Waals surface area (Å²) in [6.07, 6.45) is 1.40. The molecular weight excluding hydrogens is 423 g/mol. The van der Waals surface area contributed by atoms with E-state index in [9.17, 15) is 18.0 Å². The summed E-state index contributed by atoms with van der Waals surface area (Å²) in [7, 11) is 0. The number of carbonyl (C=O) groups is 1. The van der Waals surface area contributed by atoms with Crippen LogP contribution in [0.4, 0.5) is 13.2 Å². The third-order valence-corrected chi connectivity index (χ3v) is 6.04. The van der Waals surface area contributed by atoms with Crippen LogP contribution in [0.25, 0.3) is 5.70 Å². The maximum absolute atomic E-state index is 13.3. The highest BCUT2D eigenvalue weighted by Crippen LogP contribution is 2.58. The number of aliphatic carboxylic acids is 1. The molecule has 1 aliphatic heterocycles. The van der Waals surface area contributed by atoms with Crippen LogP contribution in [0.15, 0.2) is 41.5 Å². The van der Waals surface area contributed by atoms with E-state index in [0.29, 0.717) is 18.0 Å². The summed E-state index contributed by atoms with van der Waals surface area (Å²) in [5.74, 6) is -0.0976. The van der Waals surface area contributed by atoms with Gasteiger partial charge in [0, 0.05) is 18.0 Å². The number of benzene rings is 1. The van der Waals surface area contributed by atoms with Gasteiger partial charge in [0.2, 0.25) is 0 Å². The number of H-pyrrole nitrogens is 1. The molecule has 9 heteroatoms. The first-order valence-electron chi connectivity index (χ1n) is 10.3. The minimum absolute atomic E-state index is 0.0466. The Kier molecular flexibility index (Phi) is 5.38. The van der Waals surface area contributed by atoms with Crippen LogP contribution in [-0.2, 0) is 10.2 Å². The SMILES string of the molecule is CC(C)(COc1ccc(C2=CC[C@@H](c3ncc(C4(C(F)(F)F)CC4)[nH]3)C=N2)cc1)C(=O)O. The smallest absolute Gasteiger partial charge is 0.399 e. The van der Waals surface area contributed by atoms with Crippen molar-refractivity contribution < 1.29 is 27.8 Å². The molecule has 32 heavy (non-hydrogen) atoms. The van der Waals surface area contributed by atoms with Gasteiger partial charge in [-0.2, -0.15) is 13.2 Å². The number of carboxylic acid groups (broad SMARTS) is 1. The second-order valence-corrected chi connectivity index (χ2v) is 8.97. The predicted octanol–water partition coefficient (Wildman–Crippen LogP) is 5.09. The zero-order valence-electron chi connectivity index (χ0n) is 17.7. The summed E-state index contributed by atoms with van der Waals surface area (Å²) in [6, 6.07) is 7.16. The molecule has 2 aromatic rings. The quantitative estimate of drug-likeness (QED) is 0.619. The van der Waals surface area contributed by atoms with Crippen molar-refractivity contribution in [1.29, 1.82) is 0 Å². The summed E-state index contributed by atoms with van der Waals surface area (Å²) >= 11 is 0. The number of aromatic amines is 1.